The van der Waals surface area contributed by atoms with Gasteiger partial charge in [-0.15, -0.1) is 0 Å². The smallest absolute Gasteiger partial charge is 0.269 e. The minimum absolute atomic E-state index is 0.0527. The number of benzene rings is 2. The van der Waals surface area contributed by atoms with Crippen LogP contribution in [0.2, 0.25) is 5.02 Å². The summed E-state index contributed by atoms with van der Waals surface area (Å²) >= 11 is 5.91. The Balaban J connectivity index is 2.04. The van der Waals surface area contributed by atoms with Crippen molar-refractivity contribution in [1.29, 1.82) is 0 Å². The van der Waals surface area contributed by atoms with E-state index in [1.54, 1.807) is 25.1 Å². The minimum Gasteiger partial charge on any atom is -0.495 e. The largest absolute Gasteiger partial charge is 0.495 e. The zero-order valence-corrected chi connectivity index (χ0v) is 13.7. The number of halogens is 1. The van der Waals surface area contributed by atoms with Gasteiger partial charge >= 0.3 is 0 Å². The lowest BCUT2D eigenvalue weighted by Crippen LogP contribution is -2.30. The second kappa shape index (κ2) is 7.65. The van der Waals surface area contributed by atoms with Gasteiger partial charge in [0.25, 0.3) is 11.6 Å². The molecule has 1 amide bonds. The first kappa shape index (κ1) is 17.6. The molecule has 0 saturated heterocycles. The van der Waals surface area contributed by atoms with Crippen molar-refractivity contribution in [3.63, 3.8) is 0 Å². The molecule has 126 valence electrons. The van der Waals surface area contributed by atoms with E-state index in [1.165, 1.54) is 31.4 Å². The Kier molecular flexibility index (Phi) is 5.59. The third-order valence-corrected chi connectivity index (χ3v) is 3.38. The number of methoxy groups -OCH3 is 1. The van der Waals surface area contributed by atoms with Crippen LogP contribution in [0.1, 0.15) is 6.92 Å². The van der Waals surface area contributed by atoms with Gasteiger partial charge in [-0.2, -0.15) is 0 Å². The van der Waals surface area contributed by atoms with Gasteiger partial charge in [0.05, 0.1) is 17.7 Å². The molecule has 1 unspecified atom stereocenters. The van der Waals surface area contributed by atoms with Gasteiger partial charge in [0.15, 0.2) is 6.10 Å². The molecule has 2 rings (SSSR count). The number of carbonyl (C=O) groups is 1. The second-order valence-corrected chi connectivity index (χ2v) is 5.28. The fourth-order valence-corrected chi connectivity index (χ4v) is 2.09. The van der Waals surface area contributed by atoms with E-state index in [0.717, 1.165) is 0 Å². The molecule has 2 aromatic rings. The standard InChI is InChI=1S/C16H15ClN2O5/c1-10(24-13-6-4-12(5-7-13)19(21)22)16(20)18-14-9-11(17)3-8-15(14)23-2/h3-10H,1-2H3,(H,18,20). The summed E-state index contributed by atoms with van der Waals surface area (Å²) in [5.41, 5.74) is 0.372. The van der Waals surface area contributed by atoms with Crippen molar-refractivity contribution in [2.45, 2.75) is 13.0 Å². The van der Waals surface area contributed by atoms with Crippen LogP contribution < -0.4 is 14.8 Å². The number of nitrogens with zero attached hydrogens (tertiary/aromatic N) is 1. The first-order valence-corrected chi connectivity index (χ1v) is 7.34. The summed E-state index contributed by atoms with van der Waals surface area (Å²) in [5, 5.41) is 13.7. The van der Waals surface area contributed by atoms with Gasteiger partial charge in [0.1, 0.15) is 11.5 Å². The number of ether oxygens (including phenoxy) is 2. The molecule has 0 saturated carbocycles. The molecule has 0 aliphatic rings. The predicted octanol–water partition coefficient (Wildman–Crippen LogP) is 3.66. The minimum atomic E-state index is -0.824. The number of carbonyl (C=O) groups excluding carboxylic acids is 1. The quantitative estimate of drug-likeness (QED) is 0.634. The van der Waals surface area contributed by atoms with Gasteiger partial charge in [0, 0.05) is 17.2 Å². The van der Waals surface area contributed by atoms with Crippen molar-refractivity contribution >= 4 is 28.9 Å². The molecule has 0 heterocycles. The first-order valence-electron chi connectivity index (χ1n) is 6.96. The lowest BCUT2D eigenvalue weighted by atomic mass is 10.2. The summed E-state index contributed by atoms with van der Waals surface area (Å²) < 4.78 is 10.6. The highest BCUT2D eigenvalue weighted by Gasteiger charge is 2.17. The highest BCUT2D eigenvalue weighted by atomic mass is 35.5. The molecule has 0 radical (unpaired) electrons. The molecule has 2 aromatic carbocycles. The van der Waals surface area contributed by atoms with Crippen molar-refractivity contribution in [1.82, 2.24) is 0 Å². The maximum absolute atomic E-state index is 12.2. The van der Waals surface area contributed by atoms with E-state index in [4.69, 9.17) is 21.1 Å². The normalized spacial score (nSPS) is 11.5. The van der Waals surface area contributed by atoms with Crippen LogP contribution in [0.25, 0.3) is 0 Å². The van der Waals surface area contributed by atoms with E-state index >= 15 is 0 Å². The molecular weight excluding hydrogens is 336 g/mol. The zero-order valence-electron chi connectivity index (χ0n) is 13.0. The summed E-state index contributed by atoms with van der Waals surface area (Å²) in [6, 6.07) is 10.3. The van der Waals surface area contributed by atoms with E-state index in [2.05, 4.69) is 5.32 Å². The van der Waals surface area contributed by atoms with E-state index in [-0.39, 0.29) is 5.69 Å². The van der Waals surface area contributed by atoms with Crippen LogP contribution in [-0.4, -0.2) is 24.0 Å². The number of hydrogen-bond acceptors (Lipinski definition) is 5. The highest BCUT2D eigenvalue weighted by molar-refractivity contribution is 6.31. The number of anilines is 1. The third kappa shape index (κ3) is 4.36. The fourth-order valence-electron chi connectivity index (χ4n) is 1.92. The molecule has 0 fully saturated rings. The van der Waals surface area contributed by atoms with Crippen LogP contribution in [0, 0.1) is 10.1 Å². The third-order valence-electron chi connectivity index (χ3n) is 3.15. The Morgan fingerprint density at radius 3 is 2.50 bits per heavy atom. The summed E-state index contributed by atoms with van der Waals surface area (Å²) in [5.74, 6) is 0.408. The number of amides is 1. The summed E-state index contributed by atoms with van der Waals surface area (Å²) in [7, 11) is 1.48. The molecule has 1 N–H and O–H groups in total. The Hall–Kier alpha value is -2.80. The summed E-state index contributed by atoms with van der Waals surface area (Å²) in [6.45, 7) is 1.56. The first-order chi connectivity index (χ1) is 11.4. The molecule has 8 heteroatoms. The van der Waals surface area contributed by atoms with E-state index in [0.29, 0.717) is 22.2 Å². The SMILES string of the molecule is COc1ccc(Cl)cc1NC(=O)C(C)Oc1ccc([N+](=O)[O-])cc1. The number of nitro groups is 1. The van der Waals surface area contributed by atoms with Crippen LogP contribution in [0.4, 0.5) is 11.4 Å². The molecule has 1 atom stereocenters. The molecule has 0 spiro atoms. The van der Waals surface area contributed by atoms with Crippen molar-refractivity contribution in [2.75, 3.05) is 12.4 Å². The maximum Gasteiger partial charge on any atom is 0.269 e. The van der Waals surface area contributed by atoms with Crippen molar-refractivity contribution < 1.29 is 19.2 Å². The Morgan fingerprint density at radius 2 is 1.92 bits per heavy atom. The van der Waals surface area contributed by atoms with Crippen molar-refractivity contribution in [2.24, 2.45) is 0 Å². The Labute approximate surface area is 143 Å². The van der Waals surface area contributed by atoms with E-state index in [1.807, 2.05) is 0 Å². The highest BCUT2D eigenvalue weighted by Crippen LogP contribution is 2.28. The number of hydrogen-bond donors (Lipinski definition) is 1. The number of nitro benzene ring substituents is 1. The number of nitrogens with one attached hydrogen (secondary N) is 1. The average Bonchev–Trinajstić information content (AvgIpc) is 2.55. The van der Waals surface area contributed by atoms with Crippen LogP contribution in [-0.2, 0) is 4.79 Å². The van der Waals surface area contributed by atoms with Crippen molar-refractivity contribution in [3.05, 3.63) is 57.6 Å². The van der Waals surface area contributed by atoms with Crippen LogP contribution >= 0.6 is 11.6 Å². The molecule has 24 heavy (non-hydrogen) atoms. The van der Waals surface area contributed by atoms with Crippen molar-refractivity contribution in [3.8, 4) is 11.5 Å². The topological polar surface area (TPSA) is 90.7 Å². The van der Waals surface area contributed by atoms with Gasteiger partial charge in [0.2, 0.25) is 0 Å². The van der Waals surface area contributed by atoms with Gasteiger partial charge < -0.3 is 14.8 Å². The molecule has 0 aliphatic heterocycles. The molecule has 0 bridgehead atoms. The van der Waals surface area contributed by atoms with Crippen LogP contribution in [0.15, 0.2) is 42.5 Å². The lowest BCUT2D eigenvalue weighted by molar-refractivity contribution is -0.384. The van der Waals surface area contributed by atoms with Gasteiger partial charge in [-0.05, 0) is 37.3 Å². The summed E-state index contributed by atoms with van der Waals surface area (Å²) in [6.07, 6.45) is -0.824. The van der Waals surface area contributed by atoms with Gasteiger partial charge in [-0.1, -0.05) is 11.6 Å². The average molecular weight is 351 g/mol. The maximum atomic E-state index is 12.2. The Bertz CT molecular complexity index is 749. The molecule has 0 aliphatic carbocycles. The lowest BCUT2D eigenvalue weighted by Gasteiger charge is -2.16. The van der Waals surface area contributed by atoms with E-state index < -0.39 is 16.9 Å². The fraction of sp³-hybridized carbons (Fsp3) is 0.188. The number of rotatable bonds is 6. The predicted molar refractivity (Wildman–Crippen MR) is 89.8 cm³/mol. The zero-order chi connectivity index (χ0) is 17.7. The number of non-ortho nitro benzene ring substituents is 1. The monoisotopic (exact) mass is 350 g/mol. The van der Waals surface area contributed by atoms with Gasteiger partial charge in [-0.3, -0.25) is 14.9 Å². The molecule has 7 nitrogen and oxygen atoms in total. The summed E-state index contributed by atoms with van der Waals surface area (Å²) in [4.78, 5) is 22.3. The van der Waals surface area contributed by atoms with Crippen LogP contribution in [0.3, 0.4) is 0 Å². The van der Waals surface area contributed by atoms with Gasteiger partial charge in [-0.25, -0.2) is 0 Å². The second-order valence-electron chi connectivity index (χ2n) is 4.84. The van der Waals surface area contributed by atoms with E-state index in [9.17, 15) is 14.9 Å². The molecular formula is C16H15ClN2O5. The Morgan fingerprint density at radius 1 is 1.25 bits per heavy atom. The molecule has 0 aromatic heterocycles. The van der Waals surface area contributed by atoms with Crippen LogP contribution in [0.5, 0.6) is 11.5 Å².